The number of nitrogens with one attached hydrogen (secondary N) is 1. The van der Waals surface area contributed by atoms with Crippen molar-refractivity contribution in [1.29, 1.82) is 0 Å². The third kappa shape index (κ3) is 10.4. The fourth-order valence-corrected chi connectivity index (χ4v) is 6.90. The Morgan fingerprint density at radius 2 is 1.69 bits per heavy atom. The molecule has 0 aliphatic carbocycles. The molecule has 3 N–H and O–H groups in total. The number of anilines is 1. The number of nitrogens with zero attached hydrogens (tertiary/aromatic N) is 1. The predicted molar refractivity (Wildman–Crippen MR) is 165 cm³/mol. The lowest BCUT2D eigenvalue weighted by atomic mass is 10.1. The van der Waals surface area contributed by atoms with Crippen LogP contribution in [-0.2, 0) is 30.0 Å². The maximum Gasteiger partial charge on any atom is 0.323 e. The Bertz CT molecular complexity index is 1260. The van der Waals surface area contributed by atoms with Crippen LogP contribution in [0.5, 0.6) is 0 Å². The molecular weight excluding hydrogens is 625 g/mol. The van der Waals surface area contributed by atoms with E-state index >= 15 is 0 Å². The van der Waals surface area contributed by atoms with Crippen LogP contribution in [-0.4, -0.2) is 47.7 Å². The Morgan fingerprint density at radius 3 is 2.31 bits per heavy atom. The molecule has 0 fully saturated rings. The van der Waals surface area contributed by atoms with E-state index in [0.717, 1.165) is 20.9 Å². The molecule has 0 amide bonds. The zero-order chi connectivity index (χ0) is 28.9. The first kappa shape index (κ1) is 33.1. The lowest BCUT2D eigenvalue weighted by molar-refractivity contribution is -0.145. The van der Waals surface area contributed by atoms with Crippen molar-refractivity contribution in [3.8, 4) is 0 Å². The molecule has 0 bridgehead atoms. The average Bonchev–Trinajstić information content (AvgIpc) is 2.90. The minimum atomic E-state index is -1.51. The summed E-state index contributed by atoms with van der Waals surface area (Å²) in [7, 11) is -1.35. The predicted octanol–water partition coefficient (Wildman–Crippen LogP) is 5.77. The van der Waals surface area contributed by atoms with Gasteiger partial charge >= 0.3 is 11.9 Å². The highest BCUT2D eigenvalue weighted by atomic mass is 79.9. The second-order valence-electron chi connectivity index (χ2n) is 8.22. The normalized spacial score (nSPS) is 13.3. The number of hydrogen-bond donors (Lipinski definition) is 2. The molecule has 8 nitrogen and oxygen atoms in total. The lowest BCUT2D eigenvalue weighted by Gasteiger charge is -2.26. The molecule has 12 heteroatoms. The van der Waals surface area contributed by atoms with Crippen LogP contribution in [0.4, 0.5) is 5.69 Å². The summed E-state index contributed by atoms with van der Waals surface area (Å²) in [4.78, 5) is 22.9. The van der Waals surface area contributed by atoms with Gasteiger partial charge in [0.1, 0.15) is 12.1 Å². The van der Waals surface area contributed by atoms with Crippen LogP contribution in [0, 0.1) is 0 Å². The molecule has 0 saturated carbocycles. The van der Waals surface area contributed by atoms with Gasteiger partial charge < -0.3 is 15.2 Å². The van der Waals surface area contributed by atoms with Gasteiger partial charge in [0.05, 0.1) is 30.1 Å². The Hall–Kier alpha value is -2.07. The van der Waals surface area contributed by atoms with Crippen molar-refractivity contribution in [3.63, 3.8) is 0 Å². The third-order valence-corrected chi connectivity index (χ3v) is 8.49. The van der Waals surface area contributed by atoms with Crippen molar-refractivity contribution < 1.29 is 23.3 Å². The van der Waals surface area contributed by atoms with Crippen LogP contribution in [0.25, 0.3) is 10.8 Å². The highest BCUT2D eigenvalue weighted by molar-refractivity contribution is 9.10. The molecule has 0 aliphatic rings. The average molecular weight is 659 g/mol. The zero-order valence-corrected chi connectivity index (χ0v) is 26.4. The maximum absolute atomic E-state index is 13.6. The van der Waals surface area contributed by atoms with E-state index in [4.69, 9.17) is 22.1 Å². The van der Waals surface area contributed by atoms with Crippen molar-refractivity contribution >= 4 is 75.6 Å². The van der Waals surface area contributed by atoms with Gasteiger partial charge in [-0.1, -0.05) is 63.9 Å². The number of ether oxygens (including phenoxy) is 2. The summed E-state index contributed by atoms with van der Waals surface area (Å²) < 4.78 is 25.8. The monoisotopic (exact) mass is 657 g/mol. The minimum absolute atomic E-state index is 0.156. The Labute approximate surface area is 247 Å². The number of benzene rings is 3. The van der Waals surface area contributed by atoms with E-state index in [1.165, 1.54) is 0 Å². The lowest BCUT2D eigenvalue weighted by Crippen LogP contribution is -2.33. The number of rotatable bonds is 11. The molecule has 0 saturated heterocycles. The van der Waals surface area contributed by atoms with E-state index in [-0.39, 0.29) is 20.7 Å². The molecule has 0 spiro atoms. The number of esters is 2. The van der Waals surface area contributed by atoms with Crippen LogP contribution < -0.4 is 15.1 Å². The topological polar surface area (TPSA) is 111 Å². The van der Waals surface area contributed by atoms with Gasteiger partial charge in [0.25, 0.3) is 0 Å². The van der Waals surface area contributed by atoms with Crippen LogP contribution in [0.1, 0.15) is 27.7 Å². The van der Waals surface area contributed by atoms with Crippen LogP contribution in [0.3, 0.4) is 0 Å². The van der Waals surface area contributed by atoms with Crippen LogP contribution in [0.2, 0.25) is 5.02 Å². The van der Waals surface area contributed by atoms with Crippen molar-refractivity contribution in [2.24, 2.45) is 5.73 Å². The van der Waals surface area contributed by atoms with E-state index in [9.17, 15) is 13.8 Å². The number of hydrogen-bond acceptors (Lipinski definition) is 7. The summed E-state index contributed by atoms with van der Waals surface area (Å²) >= 11 is 9.63. The van der Waals surface area contributed by atoms with E-state index in [0.29, 0.717) is 29.4 Å². The van der Waals surface area contributed by atoms with Crippen molar-refractivity contribution in [1.82, 2.24) is 5.09 Å². The molecule has 212 valence electrons. The van der Waals surface area contributed by atoms with Crippen molar-refractivity contribution in [3.05, 3.63) is 70.2 Å². The molecule has 0 aromatic heterocycles. The van der Waals surface area contributed by atoms with E-state index in [2.05, 4.69) is 25.8 Å². The molecule has 0 heterocycles. The Balaban J connectivity index is 0.000000580. The summed E-state index contributed by atoms with van der Waals surface area (Å²) in [5.41, 5.74) is 6.00. The van der Waals surface area contributed by atoms with E-state index < -0.39 is 23.1 Å². The first-order valence-electron chi connectivity index (χ1n) is 12.3. The molecule has 39 heavy (non-hydrogen) atoms. The zero-order valence-electron chi connectivity index (χ0n) is 22.3. The quantitative estimate of drug-likeness (QED) is 0.199. The maximum atomic E-state index is 13.6. The van der Waals surface area contributed by atoms with Crippen molar-refractivity contribution in [2.75, 3.05) is 23.8 Å². The van der Waals surface area contributed by atoms with Crippen LogP contribution >= 0.6 is 36.3 Å². The highest BCUT2D eigenvalue weighted by Crippen LogP contribution is 2.32. The molecular formula is C27H34BrClN3O5PS. The second-order valence-corrected chi connectivity index (χ2v) is 11.9. The van der Waals surface area contributed by atoms with Gasteiger partial charge in [0, 0.05) is 14.9 Å². The summed E-state index contributed by atoms with van der Waals surface area (Å²) in [6.45, 7) is 7.63. The standard InChI is InChI=1S/C22H23BrClN2O3PS.C5H11NO2/c1-3-29-22(27)15(2)25-30-14-26(31(28)19-12-17(23)11-18(24)13-19)21-10-6-8-16-7-4-5-9-20(16)21;1-3-8-5(7)4(2)6/h4-13,15,25,30H,3,14H2,1-2H3;4H,3,6H2,1-2H3/t15-,31?;4-/m00/s1. The van der Waals surface area contributed by atoms with Gasteiger partial charge in [-0.05, 0) is 66.1 Å². The molecule has 0 aliphatic heterocycles. The number of carbonyl (C=O) groups excluding carboxylic acids is 2. The minimum Gasteiger partial charge on any atom is -0.465 e. The van der Waals surface area contributed by atoms with E-state index in [1.807, 2.05) is 46.8 Å². The first-order valence-corrected chi connectivity index (χ1v) is 15.8. The molecule has 3 aromatic rings. The van der Waals surface area contributed by atoms with Crippen molar-refractivity contribution in [2.45, 2.75) is 44.7 Å². The number of halogens is 2. The Kier molecular flexibility index (Phi) is 14.4. The summed E-state index contributed by atoms with van der Waals surface area (Å²) in [5, 5.41) is 5.76. The van der Waals surface area contributed by atoms with Gasteiger partial charge in [-0.2, -0.15) is 0 Å². The highest BCUT2D eigenvalue weighted by Gasteiger charge is 2.21. The number of carbonyl (C=O) groups is 2. The fourth-order valence-electron chi connectivity index (χ4n) is 3.29. The molecule has 0 radical (unpaired) electrons. The molecule has 4 atom stereocenters. The third-order valence-electron chi connectivity index (χ3n) is 5.11. The molecule has 3 aromatic carbocycles. The largest absolute Gasteiger partial charge is 0.465 e. The SMILES string of the molecule is CCOC(=O)[C@H](C)N.CCOC(=O)[C@H](C)NPCN(c1cccc2ccccc12)S(=O)c1cc(Cl)cc(Br)c1. The molecule has 2 unspecified atom stereocenters. The van der Waals surface area contributed by atoms with Gasteiger partial charge in [-0.25, -0.2) is 4.21 Å². The van der Waals surface area contributed by atoms with Crippen LogP contribution in [0.15, 0.2) is 70.0 Å². The number of nitrogens with two attached hydrogens (primary N) is 1. The summed E-state index contributed by atoms with van der Waals surface area (Å²) in [5.74, 6) is -0.640. The van der Waals surface area contributed by atoms with Gasteiger partial charge in [-0.3, -0.25) is 19.0 Å². The smallest absolute Gasteiger partial charge is 0.323 e. The summed E-state index contributed by atoms with van der Waals surface area (Å²) in [6.07, 6.45) is 0.439. The Morgan fingerprint density at radius 1 is 1.05 bits per heavy atom. The van der Waals surface area contributed by atoms with Gasteiger partial charge in [0.2, 0.25) is 0 Å². The fraction of sp³-hybridized carbons (Fsp3) is 0.333. The van der Waals surface area contributed by atoms with E-state index in [1.54, 1.807) is 45.9 Å². The summed E-state index contributed by atoms with van der Waals surface area (Å²) in [6, 6.07) is 18.3. The second kappa shape index (κ2) is 16.9. The van der Waals surface area contributed by atoms with Gasteiger partial charge in [0.15, 0.2) is 11.0 Å². The van der Waals surface area contributed by atoms with Gasteiger partial charge in [-0.15, -0.1) is 0 Å². The first-order chi connectivity index (χ1) is 18.6. The number of fused-ring (bicyclic) bond motifs is 1. The molecule has 3 rings (SSSR count).